The van der Waals surface area contributed by atoms with Gasteiger partial charge < -0.3 is 5.73 Å². The van der Waals surface area contributed by atoms with E-state index in [0.29, 0.717) is 12.1 Å². The summed E-state index contributed by atoms with van der Waals surface area (Å²) in [6.07, 6.45) is 6.69. The summed E-state index contributed by atoms with van der Waals surface area (Å²) in [5.74, 6) is 0.939. The Morgan fingerprint density at radius 3 is 2.31 bits per heavy atom. The van der Waals surface area contributed by atoms with E-state index in [1.54, 1.807) is 0 Å². The average Bonchev–Trinajstić information content (AvgIpc) is 2.53. The van der Waals surface area contributed by atoms with Gasteiger partial charge in [-0.15, -0.1) is 0 Å². The molecule has 1 aliphatic heterocycles. The predicted molar refractivity (Wildman–Crippen MR) is 55.6 cm³/mol. The van der Waals surface area contributed by atoms with Crippen molar-refractivity contribution in [1.82, 2.24) is 4.90 Å². The molecule has 2 rings (SSSR count). The standard InChI is InChI=1S/C11H22N2/c1-9-5-7-13(8-6-9)11-4-2-3-10(11)12/h9-11H,2-8,12H2,1H3. The van der Waals surface area contributed by atoms with Gasteiger partial charge in [0.05, 0.1) is 0 Å². The van der Waals surface area contributed by atoms with Gasteiger partial charge in [-0.2, -0.15) is 0 Å². The van der Waals surface area contributed by atoms with Crippen LogP contribution in [0.25, 0.3) is 0 Å². The first kappa shape index (κ1) is 9.47. The van der Waals surface area contributed by atoms with Crippen molar-refractivity contribution in [2.75, 3.05) is 13.1 Å². The molecule has 2 atom stereocenters. The molecule has 2 heteroatoms. The first-order chi connectivity index (χ1) is 6.27. The summed E-state index contributed by atoms with van der Waals surface area (Å²) in [5, 5.41) is 0. The molecule has 1 heterocycles. The third-order valence-corrected chi connectivity index (χ3v) is 3.82. The van der Waals surface area contributed by atoms with Crippen molar-refractivity contribution in [3.63, 3.8) is 0 Å². The summed E-state index contributed by atoms with van der Waals surface area (Å²) in [5.41, 5.74) is 6.10. The largest absolute Gasteiger partial charge is 0.326 e. The number of hydrogen-bond donors (Lipinski definition) is 1. The summed E-state index contributed by atoms with van der Waals surface area (Å²) in [4.78, 5) is 2.64. The lowest BCUT2D eigenvalue weighted by atomic mass is 9.97. The van der Waals surface area contributed by atoms with E-state index in [0.717, 1.165) is 5.92 Å². The SMILES string of the molecule is CC1CCN(C2CCCC2N)CC1. The van der Waals surface area contributed by atoms with Gasteiger partial charge in [0.1, 0.15) is 0 Å². The Kier molecular flexibility index (Phi) is 2.89. The maximum Gasteiger partial charge on any atom is 0.0247 e. The van der Waals surface area contributed by atoms with Crippen LogP contribution in [0, 0.1) is 5.92 Å². The van der Waals surface area contributed by atoms with Crippen LogP contribution in [0.4, 0.5) is 0 Å². The number of rotatable bonds is 1. The zero-order chi connectivity index (χ0) is 9.26. The molecule has 0 bridgehead atoms. The molecule has 0 amide bonds. The van der Waals surface area contributed by atoms with E-state index >= 15 is 0 Å². The summed E-state index contributed by atoms with van der Waals surface area (Å²) in [7, 11) is 0. The summed E-state index contributed by atoms with van der Waals surface area (Å²) in [6.45, 7) is 4.95. The molecular formula is C11H22N2. The van der Waals surface area contributed by atoms with E-state index in [1.165, 1.54) is 45.2 Å². The minimum absolute atomic E-state index is 0.466. The molecule has 0 aromatic rings. The fraction of sp³-hybridized carbons (Fsp3) is 1.00. The lowest BCUT2D eigenvalue weighted by Crippen LogP contribution is -2.47. The lowest BCUT2D eigenvalue weighted by Gasteiger charge is -2.36. The molecule has 2 nitrogen and oxygen atoms in total. The van der Waals surface area contributed by atoms with Gasteiger partial charge in [0.15, 0.2) is 0 Å². The number of nitrogens with zero attached hydrogens (tertiary/aromatic N) is 1. The van der Waals surface area contributed by atoms with Crippen LogP contribution in [0.1, 0.15) is 39.0 Å². The van der Waals surface area contributed by atoms with Gasteiger partial charge in [-0.05, 0) is 44.7 Å². The highest BCUT2D eigenvalue weighted by Crippen LogP contribution is 2.26. The summed E-state index contributed by atoms with van der Waals surface area (Å²) >= 11 is 0. The van der Waals surface area contributed by atoms with Crippen LogP contribution >= 0.6 is 0 Å². The van der Waals surface area contributed by atoms with Gasteiger partial charge in [0, 0.05) is 12.1 Å². The average molecular weight is 182 g/mol. The highest BCUT2D eigenvalue weighted by molar-refractivity contribution is 4.89. The Balaban J connectivity index is 1.86. The quantitative estimate of drug-likeness (QED) is 0.667. The minimum atomic E-state index is 0.466. The molecule has 1 aliphatic carbocycles. The van der Waals surface area contributed by atoms with Crippen molar-refractivity contribution in [3.05, 3.63) is 0 Å². The predicted octanol–water partition coefficient (Wildman–Crippen LogP) is 1.60. The van der Waals surface area contributed by atoms with Crippen molar-refractivity contribution < 1.29 is 0 Å². The zero-order valence-electron chi connectivity index (χ0n) is 8.71. The lowest BCUT2D eigenvalue weighted by molar-refractivity contribution is 0.131. The molecule has 76 valence electrons. The van der Waals surface area contributed by atoms with Crippen molar-refractivity contribution in [2.24, 2.45) is 11.7 Å². The summed E-state index contributed by atoms with van der Waals surface area (Å²) < 4.78 is 0. The molecular weight excluding hydrogens is 160 g/mol. The van der Waals surface area contributed by atoms with Crippen LogP contribution in [0.3, 0.4) is 0 Å². The minimum Gasteiger partial charge on any atom is -0.326 e. The number of hydrogen-bond acceptors (Lipinski definition) is 2. The maximum atomic E-state index is 6.10. The van der Waals surface area contributed by atoms with Gasteiger partial charge in [0.2, 0.25) is 0 Å². The van der Waals surface area contributed by atoms with Crippen LogP contribution in [-0.4, -0.2) is 30.1 Å². The zero-order valence-corrected chi connectivity index (χ0v) is 8.71. The van der Waals surface area contributed by atoms with E-state index in [4.69, 9.17) is 5.73 Å². The van der Waals surface area contributed by atoms with E-state index in [-0.39, 0.29) is 0 Å². The Labute approximate surface area is 81.5 Å². The van der Waals surface area contributed by atoms with E-state index in [9.17, 15) is 0 Å². The second-order valence-electron chi connectivity index (χ2n) is 4.88. The molecule has 1 saturated heterocycles. The second kappa shape index (κ2) is 3.97. The van der Waals surface area contributed by atoms with Gasteiger partial charge in [0.25, 0.3) is 0 Å². The smallest absolute Gasteiger partial charge is 0.0247 e. The van der Waals surface area contributed by atoms with Crippen molar-refractivity contribution >= 4 is 0 Å². The van der Waals surface area contributed by atoms with E-state index < -0.39 is 0 Å². The topological polar surface area (TPSA) is 29.3 Å². The molecule has 13 heavy (non-hydrogen) atoms. The third kappa shape index (κ3) is 2.05. The molecule has 2 N–H and O–H groups in total. The first-order valence-corrected chi connectivity index (χ1v) is 5.77. The van der Waals surface area contributed by atoms with Crippen LogP contribution in [-0.2, 0) is 0 Å². The van der Waals surface area contributed by atoms with Crippen molar-refractivity contribution in [1.29, 1.82) is 0 Å². The van der Waals surface area contributed by atoms with Crippen molar-refractivity contribution in [2.45, 2.75) is 51.1 Å². The Morgan fingerprint density at radius 1 is 1.08 bits per heavy atom. The molecule has 0 radical (unpaired) electrons. The molecule has 1 saturated carbocycles. The van der Waals surface area contributed by atoms with E-state index in [1.807, 2.05) is 0 Å². The van der Waals surface area contributed by atoms with Crippen LogP contribution < -0.4 is 5.73 Å². The summed E-state index contributed by atoms with van der Waals surface area (Å²) in [6, 6.07) is 1.18. The first-order valence-electron chi connectivity index (χ1n) is 5.77. The van der Waals surface area contributed by atoms with E-state index in [2.05, 4.69) is 11.8 Å². The molecule has 0 aromatic heterocycles. The number of piperidine rings is 1. The third-order valence-electron chi connectivity index (χ3n) is 3.82. The fourth-order valence-corrected chi connectivity index (χ4v) is 2.78. The van der Waals surface area contributed by atoms with Crippen LogP contribution in [0.2, 0.25) is 0 Å². The Morgan fingerprint density at radius 2 is 1.77 bits per heavy atom. The highest BCUT2D eigenvalue weighted by atomic mass is 15.2. The second-order valence-corrected chi connectivity index (χ2v) is 4.88. The number of nitrogens with two attached hydrogens (primary N) is 1. The van der Waals surface area contributed by atoms with Gasteiger partial charge in [-0.25, -0.2) is 0 Å². The molecule has 2 fully saturated rings. The highest BCUT2D eigenvalue weighted by Gasteiger charge is 2.30. The van der Waals surface area contributed by atoms with Gasteiger partial charge in [-0.1, -0.05) is 13.3 Å². The van der Waals surface area contributed by atoms with Crippen molar-refractivity contribution in [3.8, 4) is 0 Å². The normalized spacial score (nSPS) is 38.3. The van der Waals surface area contributed by atoms with Crippen LogP contribution in [0.5, 0.6) is 0 Å². The fourth-order valence-electron chi connectivity index (χ4n) is 2.78. The van der Waals surface area contributed by atoms with Gasteiger partial charge in [-0.3, -0.25) is 4.90 Å². The molecule has 0 aromatic carbocycles. The van der Waals surface area contributed by atoms with Crippen LogP contribution in [0.15, 0.2) is 0 Å². The number of likely N-dealkylation sites (tertiary alicyclic amines) is 1. The Bertz CT molecular complexity index is 161. The monoisotopic (exact) mass is 182 g/mol. The maximum absolute atomic E-state index is 6.10. The Hall–Kier alpha value is -0.0800. The molecule has 0 spiro atoms. The molecule has 2 aliphatic rings. The molecule has 2 unspecified atom stereocenters. The van der Waals surface area contributed by atoms with Gasteiger partial charge >= 0.3 is 0 Å².